The van der Waals surface area contributed by atoms with Crippen LogP contribution in [-0.4, -0.2) is 19.9 Å². The second-order valence-corrected chi connectivity index (χ2v) is 8.01. The van der Waals surface area contributed by atoms with E-state index in [0.717, 1.165) is 28.3 Å². The molecule has 6 rings (SSSR count). The molecule has 0 fully saturated rings. The van der Waals surface area contributed by atoms with Gasteiger partial charge in [0.2, 0.25) is 0 Å². The van der Waals surface area contributed by atoms with Crippen molar-refractivity contribution < 1.29 is 26.2 Å². The van der Waals surface area contributed by atoms with Crippen molar-refractivity contribution in [3.63, 3.8) is 0 Å². The fraction of sp³-hybridized carbons (Fsp3) is 0.0357. The van der Waals surface area contributed by atoms with Gasteiger partial charge in [-0.25, -0.2) is 4.68 Å². The van der Waals surface area contributed by atoms with Crippen LogP contribution in [0.2, 0.25) is 0 Å². The van der Waals surface area contributed by atoms with Gasteiger partial charge in [0.25, 0.3) is 0 Å². The smallest absolute Gasteiger partial charge is 0.506 e. The van der Waals surface area contributed by atoms with Gasteiger partial charge in [-0.05, 0) is 43.3 Å². The Kier molecular flexibility index (Phi) is 6.14. The van der Waals surface area contributed by atoms with Crippen LogP contribution >= 0.6 is 0 Å². The number of nitrogens with zero attached hydrogens (tertiary/aromatic N) is 5. The predicted molar refractivity (Wildman–Crippen MR) is 133 cm³/mol. The number of para-hydroxylation sites is 5. The summed E-state index contributed by atoms with van der Waals surface area (Å²) in [6.45, 7) is 3.95. The number of anilines is 4. The Hall–Kier alpha value is -3.89. The van der Waals surface area contributed by atoms with Gasteiger partial charge in [-0.1, -0.05) is 48.2 Å². The average Bonchev–Trinajstić information content (AvgIpc) is 3.46. The maximum absolute atomic E-state index is 10.3. The largest absolute Gasteiger partial charge is 2.00 e. The molecule has 1 aromatic heterocycles. The number of aryl methyl sites for hydroxylation is 1. The predicted octanol–water partition coefficient (Wildman–Crippen LogP) is 6.16. The van der Waals surface area contributed by atoms with E-state index in [9.17, 15) is 5.11 Å². The van der Waals surface area contributed by atoms with E-state index in [4.69, 9.17) is 0 Å². The Morgan fingerprint density at radius 1 is 0.743 bits per heavy atom. The van der Waals surface area contributed by atoms with Crippen LogP contribution in [0, 0.1) is 19.7 Å². The summed E-state index contributed by atoms with van der Waals surface area (Å²) in [4.78, 5) is 8.94. The fourth-order valence-corrected chi connectivity index (χ4v) is 4.20. The van der Waals surface area contributed by atoms with Gasteiger partial charge in [0.15, 0.2) is 0 Å². The van der Waals surface area contributed by atoms with Crippen molar-refractivity contribution in [1.29, 1.82) is 0 Å². The number of fused-ring (bicyclic) bond motifs is 1. The van der Waals surface area contributed by atoms with Gasteiger partial charge in [-0.15, -0.1) is 36.5 Å². The van der Waals surface area contributed by atoms with Crippen LogP contribution < -0.4 is 9.80 Å². The minimum atomic E-state index is 0. The Labute approximate surface area is 218 Å². The standard InChI is InChI=1S/C28H21N5O.Pt/c1-20-29-28(30-33(20)26-16-7-8-17-27(26)34)21-10-9-13-23(18-21)32-19-31(22-11-3-2-4-12-22)24-14-5-6-15-25(24)32;/h2-17,19,34H,1H3;/q-2;+2. The number of aromatic nitrogens is 3. The number of phenols is 1. The van der Waals surface area contributed by atoms with E-state index in [1.165, 1.54) is 0 Å². The Morgan fingerprint density at radius 3 is 2.14 bits per heavy atom. The summed E-state index contributed by atoms with van der Waals surface area (Å²) < 4.78 is 1.65. The van der Waals surface area contributed by atoms with Crippen LogP contribution in [0.4, 0.5) is 22.7 Å². The third kappa shape index (κ3) is 4.11. The first-order chi connectivity index (χ1) is 16.7. The van der Waals surface area contributed by atoms with Gasteiger partial charge < -0.3 is 14.9 Å². The molecule has 0 aliphatic carbocycles. The molecule has 0 saturated heterocycles. The second kappa shape index (κ2) is 9.40. The molecule has 4 aromatic carbocycles. The summed E-state index contributed by atoms with van der Waals surface area (Å²) in [5.74, 6) is 1.39. The summed E-state index contributed by atoms with van der Waals surface area (Å²) in [7, 11) is 0. The molecule has 0 unspecified atom stereocenters. The zero-order chi connectivity index (χ0) is 23.1. The second-order valence-electron chi connectivity index (χ2n) is 8.01. The van der Waals surface area contributed by atoms with Crippen molar-refractivity contribution in [2.75, 3.05) is 9.80 Å². The van der Waals surface area contributed by atoms with Crippen LogP contribution in [0.25, 0.3) is 17.1 Å². The Morgan fingerprint density at radius 2 is 1.40 bits per heavy atom. The van der Waals surface area contributed by atoms with Crippen molar-refractivity contribution in [2.24, 2.45) is 0 Å². The minimum Gasteiger partial charge on any atom is -0.506 e. The molecular formula is C28H21N5OPt. The van der Waals surface area contributed by atoms with E-state index in [1.54, 1.807) is 16.8 Å². The molecule has 0 amide bonds. The van der Waals surface area contributed by atoms with Crippen molar-refractivity contribution in [3.8, 4) is 22.8 Å². The van der Waals surface area contributed by atoms with E-state index < -0.39 is 0 Å². The molecule has 6 nitrogen and oxygen atoms in total. The molecule has 7 heteroatoms. The number of benzene rings is 4. The molecule has 174 valence electrons. The van der Waals surface area contributed by atoms with Gasteiger partial charge in [-0.2, -0.15) is 5.10 Å². The van der Waals surface area contributed by atoms with Crippen molar-refractivity contribution in [3.05, 3.63) is 116 Å². The van der Waals surface area contributed by atoms with Crippen LogP contribution in [0.5, 0.6) is 5.75 Å². The molecule has 0 atom stereocenters. The van der Waals surface area contributed by atoms with Crippen molar-refractivity contribution >= 4 is 22.7 Å². The minimum absolute atomic E-state index is 0. The first-order valence-corrected chi connectivity index (χ1v) is 11.0. The molecule has 0 spiro atoms. The van der Waals surface area contributed by atoms with Gasteiger partial charge in [-0.3, -0.25) is 4.98 Å². The van der Waals surface area contributed by atoms with Crippen LogP contribution in [0.15, 0.2) is 97.1 Å². The summed E-state index contributed by atoms with van der Waals surface area (Å²) in [6.07, 6.45) is 0. The molecular weight excluding hydrogens is 617 g/mol. The molecule has 0 radical (unpaired) electrons. The van der Waals surface area contributed by atoms with Gasteiger partial charge in [0.1, 0.15) is 17.3 Å². The van der Waals surface area contributed by atoms with Crippen LogP contribution in [0.1, 0.15) is 5.82 Å². The third-order valence-corrected chi connectivity index (χ3v) is 5.83. The maximum atomic E-state index is 10.3. The van der Waals surface area contributed by atoms with Crippen molar-refractivity contribution in [1.82, 2.24) is 14.8 Å². The van der Waals surface area contributed by atoms with E-state index >= 15 is 0 Å². The van der Waals surface area contributed by atoms with E-state index in [-0.39, 0.29) is 26.8 Å². The van der Waals surface area contributed by atoms with Gasteiger partial charge in [0, 0.05) is 17.1 Å². The van der Waals surface area contributed by atoms with E-state index in [1.807, 2.05) is 67.6 Å². The number of hydrogen-bond donors (Lipinski definition) is 1. The first kappa shape index (κ1) is 22.9. The van der Waals surface area contributed by atoms with Gasteiger partial charge >= 0.3 is 21.1 Å². The molecule has 2 heterocycles. The van der Waals surface area contributed by atoms with Crippen LogP contribution in [-0.2, 0) is 21.1 Å². The normalized spacial score (nSPS) is 12.4. The zero-order valence-corrected chi connectivity index (χ0v) is 21.1. The monoisotopic (exact) mass is 638 g/mol. The summed E-state index contributed by atoms with van der Waals surface area (Å²) in [5, 5.41) is 14.9. The summed E-state index contributed by atoms with van der Waals surface area (Å²) in [6, 6.07) is 35.1. The third-order valence-electron chi connectivity index (χ3n) is 5.83. The number of aromatic hydroxyl groups is 1. The molecule has 1 aliphatic heterocycles. The SMILES string of the molecule is Cc1nc(-c2[c-]c(N3[CH-]N(c4ccccc4)c4ccccc43)ccc2)nn1-c1ccccc1O.[Pt+2]. The molecule has 0 bridgehead atoms. The molecule has 1 aliphatic rings. The molecule has 0 saturated carbocycles. The number of rotatable bonds is 4. The zero-order valence-electron chi connectivity index (χ0n) is 18.8. The fourth-order valence-electron chi connectivity index (χ4n) is 4.20. The average molecular weight is 639 g/mol. The van der Waals surface area contributed by atoms with Crippen molar-refractivity contribution in [2.45, 2.75) is 6.92 Å². The molecule has 1 N–H and O–H groups in total. The quantitative estimate of drug-likeness (QED) is 0.239. The topological polar surface area (TPSA) is 57.4 Å². The van der Waals surface area contributed by atoms with E-state index in [0.29, 0.717) is 17.3 Å². The summed E-state index contributed by atoms with van der Waals surface area (Å²) >= 11 is 0. The Balaban J connectivity index is 0.00000253. The molecule has 5 aromatic rings. The molecule has 35 heavy (non-hydrogen) atoms. The summed E-state index contributed by atoms with van der Waals surface area (Å²) in [5.41, 5.74) is 5.52. The maximum Gasteiger partial charge on any atom is 2.00 e. The van der Waals surface area contributed by atoms with E-state index in [2.05, 4.69) is 56.9 Å². The Bertz CT molecular complexity index is 1480. The number of hydrogen-bond acceptors (Lipinski definition) is 5. The number of phenolic OH excluding ortho intramolecular Hbond substituents is 1. The van der Waals surface area contributed by atoms with Gasteiger partial charge in [0.05, 0.1) is 5.82 Å². The van der Waals surface area contributed by atoms with Crippen LogP contribution in [0.3, 0.4) is 0 Å². The first-order valence-electron chi connectivity index (χ1n) is 11.0.